The minimum Gasteiger partial charge on any atom is -0.481 e. The second-order valence-corrected chi connectivity index (χ2v) is 3.34. The molecule has 0 atom stereocenters. The van der Waals surface area contributed by atoms with Crippen molar-refractivity contribution in [1.29, 1.82) is 0 Å². The molecule has 1 rings (SSSR count). The monoisotopic (exact) mass is 254 g/mol. The molecule has 0 aliphatic rings. The molecule has 0 saturated carbocycles. The predicted molar refractivity (Wildman–Crippen MR) is 47.1 cm³/mol. The Morgan fingerprint density at radius 2 is 1.65 bits per heavy atom. The maximum absolute atomic E-state index is 13.3. The van der Waals surface area contributed by atoms with Crippen LogP contribution in [0.3, 0.4) is 0 Å². The molecule has 94 valence electrons. The summed E-state index contributed by atoms with van der Waals surface area (Å²) in [6.07, 6.45) is -2.22. The van der Waals surface area contributed by atoms with Crippen LogP contribution in [0.2, 0.25) is 0 Å². The van der Waals surface area contributed by atoms with E-state index >= 15 is 0 Å². The largest absolute Gasteiger partial charge is 0.481 e. The van der Waals surface area contributed by atoms with Crippen molar-refractivity contribution in [2.45, 2.75) is 18.8 Å². The lowest BCUT2D eigenvalue weighted by molar-refractivity contribution is -0.139. The summed E-state index contributed by atoms with van der Waals surface area (Å²) in [7, 11) is 0. The molecular formula is C10H7F5O2. The number of hydrogen-bond acceptors (Lipinski definition) is 1. The Balaban J connectivity index is 3.09. The smallest absolute Gasteiger partial charge is 0.303 e. The second-order valence-electron chi connectivity index (χ2n) is 3.34. The van der Waals surface area contributed by atoms with Gasteiger partial charge in [-0.2, -0.15) is 0 Å². The number of benzene rings is 1. The summed E-state index contributed by atoms with van der Waals surface area (Å²) in [5, 5.41) is 8.23. The van der Waals surface area contributed by atoms with Crippen LogP contribution in [0.4, 0.5) is 22.0 Å². The van der Waals surface area contributed by atoms with Gasteiger partial charge in [0.15, 0.2) is 0 Å². The maximum atomic E-state index is 13.3. The van der Waals surface area contributed by atoms with Crippen LogP contribution in [0.1, 0.15) is 18.4 Å². The molecule has 0 heterocycles. The fourth-order valence-corrected chi connectivity index (χ4v) is 1.28. The lowest BCUT2D eigenvalue weighted by Gasteiger charge is -2.17. The van der Waals surface area contributed by atoms with E-state index in [1.165, 1.54) is 0 Å². The van der Waals surface area contributed by atoms with Crippen molar-refractivity contribution in [3.63, 3.8) is 0 Å². The van der Waals surface area contributed by atoms with Crippen LogP contribution < -0.4 is 0 Å². The van der Waals surface area contributed by atoms with Gasteiger partial charge in [0.1, 0.15) is 17.5 Å². The zero-order valence-corrected chi connectivity index (χ0v) is 8.31. The van der Waals surface area contributed by atoms with Crippen molar-refractivity contribution in [2.24, 2.45) is 0 Å². The van der Waals surface area contributed by atoms with Crippen LogP contribution in [-0.2, 0) is 10.7 Å². The highest BCUT2D eigenvalue weighted by atomic mass is 19.3. The first-order chi connectivity index (χ1) is 7.74. The van der Waals surface area contributed by atoms with Gasteiger partial charge in [0.05, 0.1) is 12.0 Å². The quantitative estimate of drug-likeness (QED) is 0.838. The third-order valence-electron chi connectivity index (χ3n) is 2.03. The maximum Gasteiger partial charge on any atom is 0.303 e. The number of alkyl halides is 2. The molecule has 1 aromatic rings. The third-order valence-corrected chi connectivity index (χ3v) is 2.03. The summed E-state index contributed by atoms with van der Waals surface area (Å²) in [5.41, 5.74) is -1.61. The van der Waals surface area contributed by atoms with Gasteiger partial charge < -0.3 is 5.11 Å². The van der Waals surface area contributed by atoms with Crippen molar-refractivity contribution < 1.29 is 31.9 Å². The Kier molecular flexibility index (Phi) is 3.69. The molecule has 0 aliphatic heterocycles. The number of hydrogen-bond donors (Lipinski definition) is 1. The zero-order valence-electron chi connectivity index (χ0n) is 8.31. The number of carboxylic acid groups (broad SMARTS) is 1. The summed E-state index contributed by atoms with van der Waals surface area (Å²) in [4.78, 5) is 10.1. The highest BCUT2D eigenvalue weighted by molar-refractivity contribution is 5.66. The molecule has 0 radical (unpaired) electrons. The van der Waals surface area contributed by atoms with E-state index in [1.54, 1.807) is 0 Å². The minimum absolute atomic E-state index is 0.118. The summed E-state index contributed by atoms with van der Waals surface area (Å²) < 4.78 is 65.1. The van der Waals surface area contributed by atoms with E-state index in [-0.39, 0.29) is 12.1 Å². The van der Waals surface area contributed by atoms with Gasteiger partial charge in [0.2, 0.25) is 0 Å². The Morgan fingerprint density at radius 3 is 2.06 bits per heavy atom. The van der Waals surface area contributed by atoms with Crippen LogP contribution in [0.25, 0.3) is 0 Å². The number of carbonyl (C=O) groups is 1. The minimum atomic E-state index is -4.00. The lowest BCUT2D eigenvalue weighted by Crippen LogP contribution is -2.19. The van der Waals surface area contributed by atoms with Gasteiger partial charge in [-0.25, -0.2) is 22.0 Å². The van der Waals surface area contributed by atoms with Gasteiger partial charge in [-0.05, 0) is 0 Å². The first-order valence-electron chi connectivity index (χ1n) is 4.48. The van der Waals surface area contributed by atoms with Crippen LogP contribution in [0.15, 0.2) is 12.1 Å². The van der Waals surface area contributed by atoms with Gasteiger partial charge >= 0.3 is 5.97 Å². The molecule has 0 unspecified atom stereocenters. The molecule has 1 aromatic carbocycles. The van der Waals surface area contributed by atoms with Gasteiger partial charge in [-0.1, -0.05) is 0 Å². The van der Waals surface area contributed by atoms with Crippen molar-refractivity contribution in [2.75, 3.05) is 0 Å². The van der Waals surface area contributed by atoms with Crippen molar-refractivity contribution >= 4 is 5.97 Å². The summed E-state index contributed by atoms with van der Waals surface area (Å²) in [6.45, 7) is 0. The molecule has 17 heavy (non-hydrogen) atoms. The van der Waals surface area contributed by atoms with E-state index in [4.69, 9.17) is 5.11 Å². The molecule has 2 nitrogen and oxygen atoms in total. The number of aliphatic carboxylic acids is 1. The Hall–Kier alpha value is -1.66. The Bertz CT molecular complexity index is 421. The molecule has 0 bridgehead atoms. The Morgan fingerprint density at radius 1 is 1.18 bits per heavy atom. The van der Waals surface area contributed by atoms with E-state index in [0.29, 0.717) is 0 Å². The molecule has 0 spiro atoms. The summed E-state index contributed by atoms with van der Waals surface area (Å²) >= 11 is 0. The molecule has 0 amide bonds. The van der Waals surface area contributed by atoms with Crippen LogP contribution >= 0.6 is 0 Å². The molecular weight excluding hydrogens is 247 g/mol. The van der Waals surface area contributed by atoms with Crippen LogP contribution in [-0.4, -0.2) is 11.1 Å². The van der Waals surface area contributed by atoms with Gasteiger partial charge in [0.25, 0.3) is 5.92 Å². The van der Waals surface area contributed by atoms with E-state index in [9.17, 15) is 26.7 Å². The van der Waals surface area contributed by atoms with Crippen molar-refractivity contribution in [1.82, 2.24) is 0 Å². The van der Waals surface area contributed by atoms with E-state index in [2.05, 4.69) is 0 Å². The molecule has 0 fully saturated rings. The van der Waals surface area contributed by atoms with E-state index in [1.807, 2.05) is 0 Å². The molecule has 0 aliphatic carbocycles. The summed E-state index contributed by atoms with van der Waals surface area (Å²) in [5.74, 6) is -10.3. The lowest BCUT2D eigenvalue weighted by atomic mass is 10.0. The van der Waals surface area contributed by atoms with E-state index in [0.717, 1.165) is 0 Å². The zero-order chi connectivity index (χ0) is 13.2. The van der Waals surface area contributed by atoms with Crippen molar-refractivity contribution in [3.05, 3.63) is 35.1 Å². The van der Waals surface area contributed by atoms with E-state index < -0.39 is 47.7 Å². The SMILES string of the molecule is O=C(O)CCC(F)(F)c1c(F)cc(F)cc1F. The first kappa shape index (κ1) is 13.4. The van der Waals surface area contributed by atoms with Crippen LogP contribution in [0, 0.1) is 17.5 Å². The van der Waals surface area contributed by atoms with Gasteiger partial charge in [-0.15, -0.1) is 0 Å². The first-order valence-corrected chi connectivity index (χ1v) is 4.48. The number of rotatable bonds is 4. The normalized spacial score (nSPS) is 11.6. The molecule has 7 heteroatoms. The highest BCUT2D eigenvalue weighted by Gasteiger charge is 2.38. The second kappa shape index (κ2) is 4.68. The standard InChI is InChI=1S/C10H7F5O2/c11-5-3-6(12)9(7(13)4-5)10(14,15)2-1-8(16)17/h3-4H,1-2H2,(H,16,17). The van der Waals surface area contributed by atoms with Crippen molar-refractivity contribution in [3.8, 4) is 0 Å². The highest BCUT2D eigenvalue weighted by Crippen LogP contribution is 2.36. The fraction of sp³-hybridized carbons (Fsp3) is 0.300. The average molecular weight is 254 g/mol. The van der Waals surface area contributed by atoms with Gasteiger partial charge in [0, 0.05) is 18.6 Å². The van der Waals surface area contributed by atoms with Crippen LogP contribution in [0.5, 0.6) is 0 Å². The fourth-order valence-electron chi connectivity index (χ4n) is 1.28. The molecule has 1 N–H and O–H groups in total. The summed E-state index contributed by atoms with van der Waals surface area (Å²) in [6, 6.07) is 0.236. The number of carboxylic acids is 1. The molecule has 0 aromatic heterocycles. The number of halogens is 5. The topological polar surface area (TPSA) is 37.3 Å². The van der Waals surface area contributed by atoms with Gasteiger partial charge in [-0.3, -0.25) is 4.79 Å². The molecule has 0 saturated heterocycles. The Labute approximate surface area is 92.7 Å². The predicted octanol–water partition coefficient (Wildman–Crippen LogP) is 3.06. The third kappa shape index (κ3) is 3.15. The average Bonchev–Trinajstić information content (AvgIpc) is 2.12.